The summed E-state index contributed by atoms with van der Waals surface area (Å²) in [5.41, 5.74) is 1.69. The fourth-order valence-corrected chi connectivity index (χ4v) is 3.39. The highest BCUT2D eigenvalue weighted by Crippen LogP contribution is 2.21. The van der Waals surface area contributed by atoms with Crippen molar-refractivity contribution in [2.75, 3.05) is 10.0 Å². The number of ether oxygens (including phenoxy) is 1. The van der Waals surface area contributed by atoms with Gasteiger partial charge in [0, 0.05) is 5.69 Å². The number of benzene rings is 2. The molecule has 0 aliphatic rings. The Bertz CT molecular complexity index is 971. The van der Waals surface area contributed by atoms with E-state index >= 15 is 0 Å². The quantitative estimate of drug-likeness (QED) is 0.631. The van der Waals surface area contributed by atoms with Crippen LogP contribution in [0, 0.1) is 0 Å². The molecule has 1 aromatic heterocycles. The molecule has 0 atom stereocenters. The minimum atomic E-state index is -3.72. The van der Waals surface area contributed by atoms with E-state index in [1.807, 2.05) is 44.2 Å². The second-order valence-corrected chi connectivity index (χ2v) is 7.85. The van der Waals surface area contributed by atoms with Gasteiger partial charge in [-0.1, -0.05) is 18.2 Å². The largest absolute Gasteiger partial charge is 0.491 e. The first kappa shape index (κ1) is 18.7. The molecule has 1 heterocycles. The third-order valence-corrected chi connectivity index (χ3v) is 4.94. The summed E-state index contributed by atoms with van der Waals surface area (Å²) >= 11 is 0. The Kier molecular flexibility index (Phi) is 5.61. The lowest BCUT2D eigenvalue weighted by Gasteiger charge is -2.11. The molecule has 0 unspecified atom stereocenters. The van der Waals surface area contributed by atoms with Gasteiger partial charge in [-0.2, -0.15) is 0 Å². The molecule has 0 radical (unpaired) electrons. The lowest BCUT2D eigenvalue weighted by molar-refractivity contribution is 0.242. The number of hydrogen-bond acceptors (Lipinski definition) is 5. The smallest absolute Gasteiger partial charge is 0.263 e. The van der Waals surface area contributed by atoms with Crippen molar-refractivity contribution in [2.45, 2.75) is 24.8 Å². The van der Waals surface area contributed by atoms with Crippen LogP contribution in [0.3, 0.4) is 0 Å². The molecule has 27 heavy (non-hydrogen) atoms. The van der Waals surface area contributed by atoms with Crippen molar-refractivity contribution in [3.63, 3.8) is 0 Å². The van der Waals surface area contributed by atoms with Crippen LogP contribution < -0.4 is 14.8 Å². The average Bonchev–Trinajstić information content (AvgIpc) is 2.64. The van der Waals surface area contributed by atoms with Crippen molar-refractivity contribution in [2.24, 2.45) is 0 Å². The van der Waals surface area contributed by atoms with E-state index in [0.29, 0.717) is 5.75 Å². The maximum Gasteiger partial charge on any atom is 0.263 e. The van der Waals surface area contributed by atoms with Crippen molar-refractivity contribution < 1.29 is 13.2 Å². The molecule has 0 fully saturated rings. The normalized spacial score (nSPS) is 11.2. The van der Waals surface area contributed by atoms with E-state index in [0.717, 1.165) is 11.4 Å². The molecule has 3 aromatic rings. The fraction of sp³-hybridized carbons (Fsp3) is 0.150. The average molecular weight is 383 g/mol. The summed E-state index contributed by atoms with van der Waals surface area (Å²) in [7, 11) is -3.72. The van der Waals surface area contributed by atoms with Gasteiger partial charge in [0.1, 0.15) is 11.6 Å². The molecule has 140 valence electrons. The first-order chi connectivity index (χ1) is 12.9. The number of pyridine rings is 1. The van der Waals surface area contributed by atoms with E-state index in [1.54, 1.807) is 30.5 Å². The Balaban J connectivity index is 1.68. The van der Waals surface area contributed by atoms with Crippen molar-refractivity contribution in [1.29, 1.82) is 0 Å². The zero-order valence-corrected chi connectivity index (χ0v) is 15.9. The van der Waals surface area contributed by atoms with Crippen LogP contribution >= 0.6 is 0 Å². The van der Waals surface area contributed by atoms with Crippen LogP contribution in [0.5, 0.6) is 5.75 Å². The van der Waals surface area contributed by atoms with E-state index < -0.39 is 10.0 Å². The predicted molar refractivity (Wildman–Crippen MR) is 107 cm³/mol. The highest BCUT2D eigenvalue weighted by atomic mass is 32.2. The van der Waals surface area contributed by atoms with Gasteiger partial charge in [-0.3, -0.25) is 4.72 Å². The third kappa shape index (κ3) is 5.21. The molecule has 0 spiro atoms. The molecule has 0 amide bonds. The molecule has 6 nitrogen and oxygen atoms in total. The predicted octanol–water partition coefficient (Wildman–Crippen LogP) is 4.41. The summed E-state index contributed by atoms with van der Waals surface area (Å²) in [6, 6.07) is 19.3. The van der Waals surface area contributed by atoms with Crippen LogP contribution in [0.1, 0.15) is 13.8 Å². The van der Waals surface area contributed by atoms with E-state index in [9.17, 15) is 8.42 Å². The Morgan fingerprint density at radius 1 is 0.889 bits per heavy atom. The molecule has 0 saturated carbocycles. The zero-order chi connectivity index (χ0) is 19.3. The number of anilines is 3. The Morgan fingerprint density at radius 2 is 1.59 bits per heavy atom. The fourth-order valence-electron chi connectivity index (χ4n) is 2.38. The summed E-state index contributed by atoms with van der Waals surface area (Å²) in [5, 5.41) is 3.19. The molecule has 3 rings (SSSR count). The van der Waals surface area contributed by atoms with Gasteiger partial charge in [0.05, 0.1) is 22.9 Å². The lowest BCUT2D eigenvalue weighted by atomic mass is 10.3. The first-order valence-electron chi connectivity index (χ1n) is 8.50. The maximum atomic E-state index is 12.5. The molecule has 0 aliphatic heterocycles. The number of nitrogens with zero attached hydrogens (tertiary/aromatic N) is 1. The molecule has 0 aliphatic carbocycles. The summed E-state index contributed by atoms with van der Waals surface area (Å²) in [6.07, 6.45) is 1.60. The molecule has 2 N–H and O–H groups in total. The summed E-state index contributed by atoms with van der Waals surface area (Å²) in [4.78, 5) is 4.31. The zero-order valence-electron chi connectivity index (χ0n) is 15.1. The van der Waals surface area contributed by atoms with Gasteiger partial charge in [0.2, 0.25) is 0 Å². The second-order valence-electron chi connectivity index (χ2n) is 6.17. The number of rotatable bonds is 7. The van der Waals surface area contributed by atoms with Crippen LogP contribution in [0.2, 0.25) is 0 Å². The molecule has 7 heteroatoms. The summed E-state index contributed by atoms with van der Waals surface area (Å²) in [5.74, 6) is 0.870. The Morgan fingerprint density at radius 3 is 2.19 bits per heavy atom. The minimum Gasteiger partial charge on any atom is -0.491 e. The standard InChI is InChI=1S/C20H21N3O3S/c1-15(2)26-18-9-11-19(12-10-18)27(24,25)23-20-13-8-17(14-21-20)22-16-6-4-3-5-7-16/h3-15,22H,1-2H3,(H,21,23). The van der Waals surface area contributed by atoms with Gasteiger partial charge in [0.15, 0.2) is 0 Å². The molecule has 0 saturated heterocycles. The topological polar surface area (TPSA) is 80.3 Å². The molecule has 0 bridgehead atoms. The second kappa shape index (κ2) is 8.09. The highest BCUT2D eigenvalue weighted by Gasteiger charge is 2.15. The van der Waals surface area contributed by atoms with Gasteiger partial charge >= 0.3 is 0 Å². The first-order valence-corrected chi connectivity index (χ1v) is 9.98. The van der Waals surface area contributed by atoms with Crippen LogP contribution in [-0.2, 0) is 10.0 Å². The summed E-state index contributed by atoms with van der Waals surface area (Å²) in [6.45, 7) is 3.82. The van der Waals surface area contributed by atoms with Crippen molar-refractivity contribution in [1.82, 2.24) is 4.98 Å². The molecule has 2 aromatic carbocycles. The van der Waals surface area contributed by atoms with E-state index in [4.69, 9.17) is 4.74 Å². The van der Waals surface area contributed by atoms with Crippen molar-refractivity contribution >= 4 is 27.2 Å². The van der Waals surface area contributed by atoms with Crippen LogP contribution in [0.15, 0.2) is 77.8 Å². The third-order valence-electron chi connectivity index (χ3n) is 3.57. The van der Waals surface area contributed by atoms with Gasteiger partial charge in [0.25, 0.3) is 10.0 Å². The van der Waals surface area contributed by atoms with E-state index in [-0.39, 0.29) is 16.8 Å². The number of aromatic nitrogens is 1. The van der Waals surface area contributed by atoms with Gasteiger partial charge in [-0.15, -0.1) is 0 Å². The monoisotopic (exact) mass is 383 g/mol. The van der Waals surface area contributed by atoms with Crippen molar-refractivity contribution in [3.8, 4) is 5.75 Å². The summed E-state index contributed by atoms with van der Waals surface area (Å²) < 4.78 is 33.0. The molecular formula is C20H21N3O3S. The highest BCUT2D eigenvalue weighted by molar-refractivity contribution is 7.92. The van der Waals surface area contributed by atoms with Crippen LogP contribution in [-0.4, -0.2) is 19.5 Å². The van der Waals surface area contributed by atoms with Crippen LogP contribution in [0.4, 0.5) is 17.2 Å². The number of sulfonamides is 1. The minimum absolute atomic E-state index is 0.0257. The number of nitrogens with one attached hydrogen (secondary N) is 2. The maximum absolute atomic E-state index is 12.5. The molecular weight excluding hydrogens is 362 g/mol. The van der Waals surface area contributed by atoms with Gasteiger partial charge in [-0.05, 0) is 62.4 Å². The van der Waals surface area contributed by atoms with E-state index in [2.05, 4.69) is 15.0 Å². The van der Waals surface area contributed by atoms with Crippen LogP contribution in [0.25, 0.3) is 0 Å². The number of para-hydroxylation sites is 1. The van der Waals surface area contributed by atoms with Crippen molar-refractivity contribution in [3.05, 3.63) is 72.9 Å². The SMILES string of the molecule is CC(C)Oc1ccc(S(=O)(=O)Nc2ccc(Nc3ccccc3)cn2)cc1. The Labute approximate surface area is 159 Å². The lowest BCUT2D eigenvalue weighted by Crippen LogP contribution is -2.14. The number of hydrogen-bond donors (Lipinski definition) is 2. The van der Waals surface area contributed by atoms with Gasteiger partial charge < -0.3 is 10.1 Å². The van der Waals surface area contributed by atoms with E-state index in [1.165, 1.54) is 12.1 Å². The Hall–Kier alpha value is -3.06. The van der Waals surface area contributed by atoms with Gasteiger partial charge in [-0.25, -0.2) is 13.4 Å².